The third-order valence-corrected chi connectivity index (χ3v) is 4.56. The molecule has 0 saturated heterocycles. The molecule has 0 radical (unpaired) electrons. The summed E-state index contributed by atoms with van der Waals surface area (Å²) in [6.45, 7) is 1.92. The third kappa shape index (κ3) is 2.83. The van der Waals surface area contributed by atoms with Crippen molar-refractivity contribution >= 4 is 23.2 Å². The molecule has 1 saturated carbocycles. The van der Waals surface area contributed by atoms with Gasteiger partial charge in [0.15, 0.2) is 0 Å². The molecule has 3 rings (SSSR count). The van der Waals surface area contributed by atoms with Gasteiger partial charge < -0.3 is 5.11 Å². The van der Waals surface area contributed by atoms with Gasteiger partial charge in [-0.15, -0.1) is 0 Å². The summed E-state index contributed by atoms with van der Waals surface area (Å²) in [6.07, 6.45) is 2.66. The quantitative estimate of drug-likeness (QED) is 0.913. The number of hydrogen-bond donors (Lipinski definition) is 1. The van der Waals surface area contributed by atoms with Crippen molar-refractivity contribution in [2.24, 2.45) is 11.0 Å². The third-order valence-electron chi connectivity index (χ3n) is 4.31. The van der Waals surface area contributed by atoms with Crippen molar-refractivity contribution in [1.29, 1.82) is 0 Å². The van der Waals surface area contributed by atoms with Gasteiger partial charge in [0.25, 0.3) is 0 Å². The lowest BCUT2D eigenvalue weighted by molar-refractivity contribution is -0.140. The second kappa shape index (κ2) is 5.78. The van der Waals surface area contributed by atoms with Crippen molar-refractivity contribution in [1.82, 2.24) is 5.01 Å². The number of carbonyl (C=O) groups is 1. The number of aliphatic hydroxyl groups is 1. The highest BCUT2D eigenvalue weighted by molar-refractivity contribution is 6.30. The molecule has 1 unspecified atom stereocenters. The zero-order chi connectivity index (χ0) is 15.0. The van der Waals surface area contributed by atoms with E-state index in [2.05, 4.69) is 5.10 Å². The van der Waals surface area contributed by atoms with Crippen LogP contribution in [0.15, 0.2) is 29.4 Å². The molecule has 4 nitrogen and oxygen atoms in total. The first-order valence-corrected chi connectivity index (χ1v) is 7.78. The standard InChI is InChI=1S/C16H19ClN2O2/c1-10-9-13(11-5-7-12(17)8-6-11)18-19(16(10)21)14-3-2-4-15(14)20/h5-8,10,14-15,20H,2-4,9H2,1H3/t10?,14-,15-/m1/s1. The summed E-state index contributed by atoms with van der Waals surface area (Å²) in [5.74, 6) is -0.0976. The topological polar surface area (TPSA) is 52.9 Å². The van der Waals surface area contributed by atoms with Gasteiger partial charge in [-0.3, -0.25) is 4.79 Å². The van der Waals surface area contributed by atoms with Crippen LogP contribution in [0.4, 0.5) is 0 Å². The molecular formula is C16H19ClN2O2. The second-order valence-corrected chi connectivity index (χ2v) is 6.34. The number of nitrogens with zero attached hydrogens (tertiary/aromatic N) is 2. The lowest BCUT2D eigenvalue weighted by atomic mass is 9.95. The highest BCUT2D eigenvalue weighted by Gasteiger charge is 2.38. The molecule has 0 spiro atoms. The number of aliphatic hydroxyl groups excluding tert-OH is 1. The molecule has 0 bridgehead atoms. The van der Waals surface area contributed by atoms with Crippen molar-refractivity contribution in [2.45, 2.75) is 44.8 Å². The molecule has 21 heavy (non-hydrogen) atoms. The van der Waals surface area contributed by atoms with E-state index < -0.39 is 6.10 Å². The molecule has 2 aliphatic rings. The van der Waals surface area contributed by atoms with E-state index in [-0.39, 0.29) is 17.9 Å². The summed E-state index contributed by atoms with van der Waals surface area (Å²) in [6, 6.07) is 7.33. The van der Waals surface area contributed by atoms with Crippen LogP contribution in [-0.4, -0.2) is 33.9 Å². The summed E-state index contributed by atoms with van der Waals surface area (Å²) in [5, 5.41) is 16.8. The second-order valence-electron chi connectivity index (χ2n) is 5.91. The van der Waals surface area contributed by atoms with Gasteiger partial charge in [0.2, 0.25) is 5.91 Å². The number of hydrazone groups is 1. The van der Waals surface area contributed by atoms with Gasteiger partial charge >= 0.3 is 0 Å². The van der Waals surface area contributed by atoms with Gasteiger partial charge in [-0.2, -0.15) is 5.10 Å². The lowest BCUT2D eigenvalue weighted by Crippen LogP contribution is -2.46. The number of halogens is 1. The summed E-state index contributed by atoms with van der Waals surface area (Å²) < 4.78 is 0. The average Bonchev–Trinajstić information content (AvgIpc) is 2.89. The van der Waals surface area contributed by atoms with E-state index in [9.17, 15) is 9.90 Å². The predicted molar refractivity (Wildman–Crippen MR) is 82.3 cm³/mol. The normalized spacial score (nSPS) is 29.7. The Labute approximate surface area is 129 Å². The Hall–Kier alpha value is -1.39. The van der Waals surface area contributed by atoms with Crippen LogP contribution in [0.25, 0.3) is 0 Å². The molecule has 5 heteroatoms. The number of hydrogen-bond acceptors (Lipinski definition) is 3. The van der Waals surface area contributed by atoms with Gasteiger partial charge in [0.1, 0.15) is 0 Å². The van der Waals surface area contributed by atoms with E-state index in [1.807, 2.05) is 31.2 Å². The molecule has 1 N–H and O–H groups in total. The van der Waals surface area contributed by atoms with Crippen molar-refractivity contribution in [3.8, 4) is 0 Å². The lowest BCUT2D eigenvalue weighted by Gasteiger charge is -2.33. The molecule has 1 aliphatic heterocycles. The molecule has 1 aromatic carbocycles. The fourth-order valence-corrected chi connectivity index (χ4v) is 3.21. The Kier molecular flexibility index (Phi) is 4.00. The van der Waals surface area contributed by atoms with Crippen LogP contribution >= 0.6 is 11.6 Å². The Morgan fingerprint density at radius 3 is 2.62 bits per heavy atom. The predicted octanol–water partition coefficient (Wildman–Crippen LogP) is 2.83. The first-order chi connectivity index (χ1) is 10.1. The summed E-state index contributed by atoms with van der Waals surface area (Å²) in [5.41, 5.74) is 1.87. The monoisotopic (exact) mass is 306 g/mol. The average molecular weight is 307 g/mol. The van der Waals surface area contributed by atoms with Crippen LogP contribution in [0.3, 0.4) is 0 Å². The van der Waals surface area contributed by atoms with Crippen LogP contribution in [0.5, 0.6) is 0 Å². The number of carbonyl (C=O) groups excluding carboxylic acids is 1. The minimum Gasteiger partial charge on any atom is -0.391 e. The van der Waals surface area contributed by atoms with E-state index in [1.54, 1.807) is 0 Å². The van der Waals surface area contributed by atoms with E-state index in [4.69, 9.17) is 11.6 Å². The number of amides is 1. The van der Waals surface area contributed by atoms with Gasteiger partial charge in [-0.25, -0.2) is 5.01 Å². The molecule has 112 valence electrons. The first kappa shape index (κ1) is 14.5. The maximum Gasteiger partial charge on any atom is 0.246 e. The fourth-order valence-electron chi connectivity index (χ4n) is 3.08. The molecule has 1 amide bonds. The summed E-state index contributed by atoms with van der Waals surface area (Å²) in [7, 11) is 0. The number of rotatable bonds is 2. The van der Waals surface area contributed by atoms with Crippen molar-refractivity contribution < 1.29 is 9.90 Å². The molecular weight excluding hydrogens is 288 g/mol. The zero-order valence-electron chi connectivity index (χ0n) is 12.0. The maximum atomic E-state index is 12.4. The van der Waals surface area contributed by atoms with Gasteiger partial charge in [0, 0.05) is 17.4 Å². The SMILES string of the molecule is CC1CC(c2ccc(Cl)cc2)=NN([C@@H]2CCC[C@H]2O)C1=O. The van der Waals surface area contributed by atoms with Gasteiger partial charge in [-0.05, 0) is 37.0 Å². The van der Waals surface area contributed by atoms with E-state index in [0.717, 1.165) is 30.5 Å². The highest BCUT2D eigenvalue weighted by Crippen LogP contribution is 2.30. The Morgan fingerprint density at radius 1 is 1.29 bits per heavy atom. The van der Waals surface area contributed by atoms with Crippen molar-refractivity contribution in [2.75, 3.05) is 0 Å². The smallest absolute Gasteiger partial charge is 0.246 e. The Balaban J connectivity index is 1.93. The van der Waals surface area contributed by atoms with Crippen LogP contribution in [0, 0.1) is 5.92 Å². The van der Waals surface area contributed by atoms with E-state index >= 15 is 0 Å². The number of benzene rings is 1. The van der Waals surface area contributed by atoms with Gasteiger partial charge in [0.05, 0.1) is 17.9 Å². The molecule has 0 aromatic heterocycles. The van der Waals surface area contributed by atoms with Crippen molar-refractivity contribution in [3.05, 3.63) is 34.9 Å². The van der Waals surface area contributed by atoms with Crippen LogP contribution in [0.1, 0.15) is 38.2 Å². The molecule has 1 aromatic rings. The highest BCUT2D eigenvalue weighted by atomic mass is 35.5. The van der Waals surface area contributed by atoms with E-state index in [1.165, 1.54) is 5.01 Å². The van der Waals surface area contributed by atoms with Crippen LogP contribution in [0.2, 0.25) is 5.02 Å². The molecule has 1 aliphatic carbocycles. The van der Waals surface area contributed by atoms with Gasteiger partial charge in [-0.1, -0.05) is 30.7 Å². The fraction of sp³-hybridized carbons (Fsp3) is 0.500. The maximum absolute atomic E-state index is 12.4. The Bertz CT molecular complexity index is 570. The summed E-state index contributed by atoms with van der Waals surface area (Å²) >= 11 is 5.92. The Morgan fingerprint density at radius 2 is 2.00 bits per heavy atom. The molecule has 3 atom stereocenters. The largest absolute Gasteiger partial charge is 0.391 e. The van der Waals surface area contributed by atoms with Crippen LogP contribution in [-0.2, 0) is 4.79 Å². The summed E-state index contributed by atoms with van der Waals surface area (Å²) in [4.78, 5) is 12.4. The first-order valence-electron chi connectivity index (χ1n) is 7.41. The zero-order valence-corrected chi connectivity index (χ0v) is 12.8. The minimum absolute atomic E-state index is 0.0127. The van der Waals surface area contributed by atoms with Crippen molar-refractivity contribution in [3.63, 3.8) is 0 Å². The minimum atomic E-state index is -0.463. The molecule has 1 heterocycles. The molecule has 1 fully saturated rings. The van der Waals surface area contributed by atoms with Crippen LogP contribution < -0.4 is 0 Å². The van der Waals surface area contributed by atoms with E-state index in [0.29, 0.717) is 11.4 Å².